The van der Waals surface area contributed by atoms with Crippen molar-refractivity contribution < 1.29 is 9.18 Å². The smallest absolute Gasteiger partial charge is 0.254 e. The quantitative estimate of drug-likeness (QED) is 0.869. The van der Waals surface area contributed by atoms with E-state index in [2.05, 4.69) is 19.2 Å². The van der Waals surface area contributed by atoms with E-state index in [1.54, 1.807) is 17.0 Å². The number of hydrogen-bond donors (Lipinski definition) is 1. The van der Waals surface area contributed by atoms with Gasteiger partial charge in [-0.3, -0.25) is 4.79 Å². The molecule has 1 unspecified atom stereocenters. The Labute approximate surface area is 107 Å². The molecule has 1 heterocycles. The summed E-state index contributed by atoms with van der Waals surface area (Å²) < 4.78 is 13.1. The normalized spacial score (nSPS) is 20.2. The van der Waals surface area contributed by atoms with Crippen LogP contribution in [0.25, 0.3) is 0 Å². The molecule has 1 saturated heterocycles. The third-order valence-corrected chi connectivity index (χ3v) is 3.37. The predicted octanol–water partition coefficient (Wildman–Crippen LogP) is 1.90. The number of piperazine rings is 1. The van der Waals surface area contributed by atoms with Gasteiger partial charge in [-0.15, -0.1) is 0 Å². The van der Waals surface area contributed by atoms with Crippen molar-refractivity contribution in [3.63, 3.8) is 0 Å². The molecule has 3 nitrogen and oxygen atoms in total. The molecule has 0 bridgehead atoms. The molecular weight excluding hydrogens is 231 g/mol. The van der Waals surface area contributed by atoms with Gasteiger partial charge in [-0.05, 0) is 24.1 Å². The zero-order valence-electron chi connectivity index (χ0n) is 10.8. The van der Waals surface area contributed by atoms with Gasteiger partial charge in [0.25, 0.3) is 5.91 Å². The lowest BCUT2D eigenvalue weighted by atomic mass is 10.0. The molecule has 0 aliphatic carbocycles. The fourth-order valence-corrected chi connectivity index (χ4v) is 2.21. The van der Waals surface area contributed by atoms with Gasteiger partial charge in [-0.1, -0.05) is 19.9 Å². The zero-order chi connectivity index (χ0) is 13.1. The fourth-order valence-electron chi connectivity index (χ4n) is 2.21. The summed E-state index contributed by atoms with van der Waals surface area (Å²) in [7, 11) is 0. The average Bonchev–Trinajstić information content (AvgIpc) is 2.38. The Morgan fingerprint density at radius 2 is 2.28 bits per heavy atom. The van der Waals surface area contributed by atoms with Gasteiger partial charge >= 0.3 is 0 Å². The average molecular weight is 250 g/mol. The van der Waals surface area contributed by atoms with E-state index in [0.717, 1.165) is 6.54 Å². The second kappa shape index (κ2) is 5.48. The summed E-state index contributed by atoms with van der Waals surface area (Å²) in [4.78, 5) is 14.1. The second-order valence-electron chi connectivity index (χ2n) is 5.07. The van der Waals surface area contributed by atoms with Gasteiger partial charge in [0, 0.05) is 31.2 Å². The maximum absolute atomic E-state index is 13.1. The minimum absolute atomic E-state index is 0.0818. The molecule has 2 rings (SSSR count). The number of amides is 1. The SMILES string of the molecule is CC(C)C1CN(C(=O)c2cccc(F)c2)CCN1. The highest BCUT2D eigenvalue weighted by atomic mass is 19.1. The maximum atomic E-state index is 13.1. The topological polar surface area (TPSA) is 32.3 Å². The second-order valence-corrected chi connectivity index (χ2v) is 5.07. The first kappa shape index (κ1) is 13.0. The number of halogens is 1. The molecule has 0 radical (unpaired) electrons. The van der Waals surface area contributed by atoms with Crippen molar-refractivity contribution in [2.75, 3.05) is 19.6 Å². The van der Waals surface area contributed by atoms with E-state index in [-0.39, 0.29) is 11.7 Å². The van der Waals surface area contributed by atoms with Crippen molar-refractivity contribution in [3.05, 3.63) is 35.6 Å². The highest BCUT2D eigenvalue weighted by Gasteiger charge is 2.25. The predicted molar refractivity (Wildman–Crippen MR) is 68.9 cm³/mol. The standard InChI is InChI=1S/C14H19FN2O/c1-10(2)13-9-17(7-6-16-13)14(18)11-4-3-5-12(15)8-11/h3-5,8,10,13,16H,6-7,9H2,1-2H3. The van der Waals surface area contributed by atoms with E-state index in [4.69, 9.17) is 0 Å². The van der Waals surface area contributed by atoms with Crippen molar-refractivity contribution >= 4 is 5.91 Å². The van der Waals surface area contributed by atoms with Crippen molar-refractivity contribution in [3.8, 4) is 0 Å². The maximum Gasteiger partial charge on any atom is 0.254 e. The van der Waals surface area contributed by atoms with Crippen LogP contribution in [0, 0.1) is 11.7 Å². The third kappa shape index (κ3) is 2.88. The number of hydrogen-bond acceptors (Lipinski definition) is 2. The molecule has 1 amide bonds. The van der Waals surface area contributed by atoms with Crippen LogP contribution in [0.2, 0.25) is 0 Å². The Morgan fingerprint density at radius 1 is 1.50 bits per heavy atom. The zero-order valence-corrected chi connectivity index (χ0v) is 10.8. The van der Waals surface area contributed by atoms with Crippen LogP contribution in [0.5, 0.6) is 0 Å². The molecular formula is C14H19FN2O. The minimum Gasteiger partial charge on any atom is -0.336 e. The Morgan fingerprint density at radius 3 is 2.94 bits per heavy atom. The first-order valence-electron chi connectivity index (χ1n) is 6.36. The van der Waals surface area contributed by atoms with Crippen molar-refractivity contribution in [2.24, 2.45) is 5.92 Å². The molecule has 98 valence electrons. The molecule has 4 heteroatoms. The molecule has 1 aliphatic heterocycles. The molecule has 0 spiro atoms. The van der Waals surface area contributed by atoms with Gasteiger partial charge in [0.2, 0.25) is 0 Å². The van der Waals surface area contributed by atoms with Gasteiger partial charge in [0.15, 0.2) is 0 Å². The summed E-state index contributed by atoms with van der Waals surface area (Å²) in [6, 6.07) is 6.21. The number of benzene rings is 1. The molecule has 1 aromatic carbocycles. The van der Waals surface area contributed by atoms with Gasteiger partial charge in [0.1, 0.15) is 5.82 Å². The summed E-state index contributed by atoms with van der Waals surface area (Å²) in [5.74, 6) is 0.0335. The molecule has 1 N–H and O–H groups in total. The van der Waals surface area contributed by atoms with Crippen LogP contribution in [0.4, 0.5) is 4.39 Å². The monoisotopic (exact) mass is 250 g/mol. The van der Waals surface area contributed by atoms with E-state index in [9.17, 15) is 9.18 Å². The summed E-state index contributed by atoms with van der Waals surface area (Å²) in [5.41, 5.74) is 0.430. The Bertz CT molecular complexity index is 434. The van der Waals surface area contributed by atoms with Crippen LogP contribution in [-0.2, 0) is 0 Å². The molecule has 1 fully saturated rings. The fraction of sp³-hybridized carbons (Fsp3) is 0.500. The van der Waals surface area contributed by atoms with E-state index < -0.39 is 0 Å². The molecule has 1 aromatic rings. The first-order valence-corrected chi connectivity index (χ1v) is 6.36. The largest absolute Gasteiger partial charge is 0.336 e. The van der Waals surface area contributed by atoms with E-state index in [1.165, 1.54) is 12.1 Å². The molecule has 1 atom stereocenters. The van der Waals surface area contributed by atoms with E-state index in [0.29, 0.717) is 30.6 Å². The van der Waals surface area contributed by atoms with Crippen LogP contribution < -0.4 is 5.32 Å². The highest BCUT2D eigenvalue weighted by Crippen LogP contribution is 2.12. The Balaban J connectivity index is 2.09. The minimum atomic E-state index is -0.364. The van der Waals surface area contributed by atoms with Gasteiger partial charge in [-0.25, -0.2) is 4.39 Å². The van der Waals surface area contributed by atoms with Gasteiger partial charge in [-0.2, -0.15) is 0 Å². The summed E-state index contributed by atoms with van der Waals surface area (Å²) in [6.45, 7) is 6.43. The van der Waals surface area contributed by atoms with Crippen LogP contribution >= 0.6 is 0 Å². The van der Waals surface area contributed by atoms with Crippen molar-refractivity contribution in [1.82, 2.24) is 10.2 Å². The Kier molecular flexibility index (Phi) is 3.97. The van der Waals surface area contributed by atoms with Crippen LogP contribution in [0.3, 0.4) is 0 Å². The van der Waals surface area contributed by atoms with E-state index in [1.807, 2.05) is 0 Å². The molecule has 18 heavy (non-hydrogen) atoms. The number of nitrogens with zero attached hydrogens (tertiary/aromatic N) is 1. The molecule has 0 aromatic heterocycles. The van der Waals surface area contributed by atoms with Crippen molar-refractivity contribution in [1.29, 1.82) is 0 Å². The molecule has 0 saturated carbocycles. The summed E-state index contributed by atoms with van der Waals surface area (Å²) in [5, 5.41) is 3.40. The van der Waals surface area contributed by atoms with Gasteiger partial charge < -0.3 is 10.2 Å². The lowest BCUT2D eigenvalue weighted by Gasteiger charge is -2.35. The van der Waals surface area contributed by atoms with E-state index >= 15 is 0 Å². The summed E-state index contributed by atoms with van der Waals surface area (Å²) >= 11 is 0. The van der Waals surface area contributed by atoms with Crippen molar-refractivity contribution in [2.45, 2.75) is 19.9 Å². The number of rotatable bonds is 2. The van der Waals surface area contributed by atoms with Gasteiger partial charge in [0.05, 0.1) is 0 Å². The number of carbonyl (C=O) groups is 1. The number of carbonyl (C=O) groups excluding carboxylic acids is 1. The van der Waals surface area contributed by atoms with Crippen LogP contribution in [0.15, 0.2) is 24.3 Å². The lowest BCUT2D eigenvalue weighted by molar-refractivity contribution is 0.0683. The Hall–Kier alpha value is -1.42. The van der Waals surface area contributed by atoms with Crippen LogP contribution in [0.1, 0.15) is 24.2 Å². The first-order chi connectivity index (χ1) is 8.58. The summed E-state index contributed by atoms with van der Waals surface area (Å²) in [6.07, 6.45) is 0. The third-order valence-electron chi connectivity index (χ3n) is 3.37. The lowest BCUT2D eigenvalue weighted by Crippen LogP contribution is -2.54. The number of nitrogens with one attached hydrogen (secondary N) is 1. The van der Waals surface area contributed by atoms with Crippen LogP contribution in [-0.4, -0.2) is 36.5 Å². The molecule has 1 aliphatic rings. The highest BCUT2D eigenvalue weighted by molar-refractivity contribution is 5.94.